The number of hydrogen-bond donors (Lipinski definition) is 1. The van der Waals surface area contributed by atoms with Crippen molar-refractivity contribution in [1.29, 1.82) is 0 Å². The van der Waals surface area contributed by atoms with E-state index in [0.29, 0.717) is 16.9 Å². The van der Waals surface area contributed by atoms with Crippen LogP contribution in [-0.4, -0.2) is 21.0 Å². The number of amides is 1. The number of carbonyl (C=O) groups excluding carboxylic acids is 1. The number of carbonyl (C=O) groups is 1. The Balaban J connectivity index is 1.43. The molecule has 9 nitrogen and oxygen atoms in total. The molecule has 2 aromatic heterocycles. The fraction of sp³-hybridized carbons (Fsp3) is 0. The molecule has 0 spiro atoms. The van der Waals surface area contributed by atoms with E-state index >= 15 is 0 Å². The summed E-state index contributed by atoms with van der Waals surface area (Å²) in [6.45, 7) is 0. The Kier molecular flexibility index (Phi) is 4.38. The Morgan fingerprint density at radius 2 is 1.86 bits per heavy atom. The van der Waals surface area contributed by atoms with Crippen molar-refractivity contribution >= 4 is 34.7 Å². The predicted molar refractivity (Wildman–Crippen MR) is 100 cm³/mol. The van der Waals surface area contributed by atoms with Crippen LogP contribution in [0.2, 0.25) is 0 Å². The first kappa shape index (κ1) is 17.2. The van der Waals surface area contributed by atoms with Gasteiger partial charge in [-0.25, -0.2) is 0 Å². The van der Waals surface area contributed by atoms with Crippen molar-refractivity contribution in [1.82, 2.24) is 10.2 Å². The molecular formula is C19H12N4O5. The lowest BCUT2D eigenvalue weighted by Crippen LogP contribution is -2.07. The van der Waals surface area contributed by atoms with Crippen LogP contribution in [0.25, 0.3) is 28.7 Å². The van der Waals surface area contributed by atoms with Gasteiger partial charge >= 0.3 is 6.01 Å². The van der Waals surface area contributed by atoms with Gasteiger partial charge < -0.3 is 8.83 Å². The molecule has 2 heterocycles. The number of anilines is 1. The first-order chi connectivity index (χ1) is 13.6. The van der Waals surface area contributed by atoms with Gasteiger partial charge in [-0.15, -0.1) is 5.10 Å². The summed E-state index contributed by atoms with van der Waals surface area (Å²) in [5.41, 5.74) is 1.30. The van der Waals surface area contributed by atoms with E-state index < -0.39 is 10.8 Å². The topological polar surface area (TPSA) is 124 Å². The molecule has 138 valence electrons. The van der Waals surface area contributed by atoms with Crippen LogP contribution in [0.3, 0.4) is 0 Å². The molecule has 4 rings (SSSR count). The Labute approximate surface area is 157 Å². The minimum atomic E-state index is -0.491. The monoisotopic (exact) mass is 376 g/mol. The van der Waals surface area contributed by atoms with Crippen molar-refractivity contribution in [3.8, 4) is 11.7 Å². The van der Waals surface area contributed by atoms with Crippen LogP contribution in [0.4, 0.5) is 11.7 Å². The molecule has 0 bridgehead atoms. The predicted octanol–water partition coefficient (Wildman–Crippen LogP) is 4.04. The number of non-ortho nitro benzene ring substituents is 1. The molecule has 0 fully saturated rings. The van der Waals surface area contributed by atoms with E-state index in [1.165, 1.54) is 36.4 Å². The zero-order valence-electron chi connectivity index (χ0n) is 14.2. The van der Waals surface area contributed by atoms with Crippen molar-refractivity contribution in [3.63, 3.8) is 0 Å². The Morgan fingerprint density at radius 1 is 1.07 bits per heavy atom. The van der Waals surface area contributed by atoms with Gasteiger partial charge in [0.1, 0.15) is 5.58 Å². The number of fused-ring (bicyclic) bond motifs is 1. The minimum Gasteiger partial charge on any atom is -0.451 e. The fourth-order valence-corrected chi connectivity index (χ4v) is 2.49. The van der Waals surface area contributed by atoms with Crippen LogP contribution in [0, 0.1) is 10.1 Å². The van der Waals surface area contributed by atoms with Gasteiger partial charge in [0.25, 0.3) is 17.5 Å². The van der Waals surface area contributed by atoms with Gasteiger partial charge in [-0.05, 0) is 35.9 Å². The molecule has 1 amide bonds. The number of nitrogens with zero attached hydrogens (tertiary/aromatic N) is 3. The molecule has 28 heavy (non-hydrogen) atoms. The summed E-state index contributed by atoms with van der Waals surface area (Å²) in [4.78, 5) is 22.1. The average Bonchev–Trinajstić information content (AvgIpc) is 3.33. The van der Waals surface area contributed by atoms with E-state index in [1.54, 1.807) is 6.07 Å². The van der Waals surface area contributed by atoms with E-state index in [1.807, 2.05) is 24.3 Å². The highest BCUT2D eigenvalue weighted by Gasteiger charge is 2.14. The van der Waals surface area contributed by atoms with E-state index in [0.717, 1.165) is 5.39 Å². The van der Waals surface area contributed by atoms with Crippen molar-refractivity contribution in [2.75, 3.05) is 5.32 Å². The van der Waals surface area contributed by atoms with Gasteiger partial charge in [0.2, 0.25) is 0 Å². The molecule has 0 aliphatic heterocycles. The molecule has 1 N–H and O–H groups in total. The van der Waals surface area contributed by atoms with E-state index in [-0.39, 0.29) is 17.6 Å². The van der Waals surface area contributed by atoms with Gasteiger partial charge in [0.05, 0.1) is 4.92 Å². The lowest BCUT2D eigenvalue weighted by molar-refractivity contribution is -0.384. The standard InChI is InChI=1S/C19H12N4O5/c24-17(10-7-12-5-8-14(9-6-12)23(25)26)20-19-22-21-18(28-19)16-11-13-3-1-2-4-15(13)27-16/h1-11H,(H,20,22,24)/b10-7-. The number of furan rings is 1. The van der Waals surface area contributed by atoms with E-state index in [9.17, 15) is 14.9 Å². The van der Waals surface area contributed by atoms with Crippen molar-refractivity contribution < 1.29 is 18.6 Å². The van der Waals surface area contributed by atoms with Crippen LogP contribution < -0.4 is 5.32 Å². The molecule has 0 unspecified atom stereocenters. The van der Waals surface area contributed by atoms with E-state index in [2.05, 4.69) is 15.5 Å². The Bertz CT molecular complexity index is 1160. The number of nitrogens with one attached hydrogen (secondary N) is 1. The zero-order valence-corrected chi connectivity index (χ0v) is 14.2. The van der Waals surface area contributed by atoms with Gasteiger partial charge in [0.15, 0.2) is 5.76 Å². The van der Waals surface area contributed by atoms with Crippen LogP contribution >= 0.6 is 0 Å². The summed E-state index contributed by atoms with van der Waals surface area (Å²) < 4.78 is 11.0. The Morgan fingerprint density at radius 3 is 2.61 bits per heavy atom. The number of rotatable bonds is 5. The molecule has 0 atom stereocenters. The molecule has 0 saturated heterocycles. The van der Waals surface area contributed by atoms with Crippen molar-refractivity contribution in [2.24, 2.45) is 0 Å². The molecule has 9 heteroatoms. The molecule has 0 aliphatic carbocycles. The lowest BCUT2D eigenvalue weighted by Gasteiger charge is -1.95. The highest BCUT2D eigenvalue weighted by molar-refractivity contribution is 6.00. The minimum absolute atomic E-state index is 0.0226. The largest absolute Gasteiger partial charge is 0.451 e. The second-order valence-corrected chi connectivity index (χ2v) is 5.73. The molecule has 2 aromatic carbocycles. The SMILES string of the molecule is O=C(/C=C\c1ccc([N+](=O)[O-])cc1)Nc1nnc(-c2cc3ccccc3o2)o1. The van der Waals surface area contributed by atoms with Gasteiger partial charge in [-0.3, -0.25) is 20.2 Å². The molecule has 0 radical (unpaired) electrons. The maximum absolute atomic E-state index is 12.0. The summed E-state index contributed by atoms with van der Waals surface area (Å²) in [6, 6.07) is 14.9. The third kappa shape index (κ3) is 3.63. The van der Waals surface area contributed by atoms with Crippen molar-refractivity contribution in [3.05, 3.63) is 76.4 Å². The van der Waals surface area contributed by atoms with Crippen LogP contribution in [0.5, 0.6) is 0 Å². The highest BCUT2D eigenvalue weighted by Crippen LogP contribution is 2.27. The highest BCUT2D eigenvalue weighted by atomic mass is 16.6. The van der Waals surface area contributed by atoms with Gasteiger partial charge in [-0.2, -0.15) is 0 Å². The fourth-order valence-electron chi connectivity index (χ4n) is 2.49. The maximum Gasteiger partial charge on any atom is 0.322 e. The van der Waals surface area contributed by atoms with Crippen LogP contribution in [0.1, 0.15) is 5.56 Å². The number of hydrogen-bond acceptors (Lipinski definition) is 7. The molecule has 0 saturated carbocycles. The molecular weight excluding hydrogens is 364 g/mol. The number of nitro groups is 1. The first-order valence-electron chi connectivity index (χ1n) is 8.14. The summed E-state index contributed by atoms with van der Waals surface area (Å²) in [5, 5.41) is 21.6. The number of nitro benzene ring substituents is 1. The van der Waals surface area contributed by atoms with Crippen molar-refractivity contribution in [2.45, 2.75) is 0 Å². The summed E-state index contributed by atoms with van der Waals surface area (Å²) >= 11 is 0. The Hall–Kier alpha value is -4.27. The third-order valence-corrected chi connectivity index (χ3v) is 3.82. The summed E-state index contributed by atoms with van der Waals surface area (Å²) in [5.74, 6) is 0.0552. The second kappa shape index (κ2) is 7.16. The smallest absolute Gasteiger partial charge is 0.322 e. The zero-order chi connectivity index (χ0) is 19.5. The van der Waals surface area contributed by atoms with Gasteiger partial charge in [0, 0.05) is 23.6 Å². The average molecular weight is 376 g/mol. The van der Waals surface area contributed by atoms with Crippen LogP contribution in [0.15, 0.2) is 69.5 Å². The van der Waals surface area contributed by atoms with Gasteiger partial charge in [-0.1, -0.05) is 23.3 Å². The summed E-state index contributed by atoms with van der Waals surface area (Å²) in [6.07, 6.45) is 2.77. The maximum atomic E-state index is 12.0. The number of para-hydroxylation sites is 1. The summed E-state index contributed by atoms with van der Waals surface area (Å²) in [7, 11) is 0. The molecule has 0 aliphatic rings. The first-order valence-corrected chi connectivity index (χ1v) is 8.14. The quantitative estimate of drug-likeness (QED) is 0.316. The van der Waals surface area contributed by atoms with E-state index in [4.69, 9.17) is 8.83 Å². The van der Waals surface area contributed by atoms with Crippen LogP contribution in [-0.2, 0) is 4.79 Å². The second-order valence-electron chi connectivity index (χ2n) is 5.73. The number of aromatic nitrogens is 2. The lowest BCUT2D eigenvalue weighted by atomic mass is 10.2. The normalized spacial score (nSPS) is 11.1. The molecule has 4 aromatic rings. The number of benzene rings is 2. The third-order valence-electron chi connectivity index (χ3n) is 3.82.